The minimum atomic E-state index is 0.982. The molecule has 2 heteroatoms. The molecule has 0 saturated heterocycles. The van der Waals surface area contributed by atoms with Gasteiger partial charge in [-0.2, -0.15) is 0 Å². The van der Waals surface area contributed by atoms with Gasteiger partial charge in [-0.3, -0.25) is 0 Å². The van der Waals surface area contributed by atoms with Gasteiger partial charge in [0.05, 0.1) is 0 Å². The molecule has 0 spiro atoms. The smallest absolute Gasteiger partial charge is 0.0466 e. The number of rotatable bonds is 30. The third-order valence-corrected chi connectivity index (χ3v) is 6.86. The maximum atomic E-state index is 5.80. The Morgan fingerprint density at radius 2 is 0.424 bits per heavy atom. The van der Waals surface area contributed by atoms with Gasteiger partial charge in [0.2, 0.25) is 0 Å². The zero-order valence-electron chi connectivity index (χ0n) is 23.3. The highest BCUT2D eigenvalue weighted by Crippen LogP contribution is 2.12. The van der Waals surface area contributed by atoms with Crippen LogP contribution < -0.4 is 0 Å². The van der Waals surface area contributed by atoms with Gasteiger partial charge < -0.3 is 9.47 Å². The van der Waals surface area contributed by atoms with Crippen molar-refractivity contribution in [3.05, 3.63) is 0 Å². The van der Waals surface area contributed by atoms with Gasteiger partial charge in [-0.05, 0) is 25.7 Å². The van der Waals surface area contributed by atoms with Crippen molar-refractivity contribution in [1.82, 2.24) is 0 Å². The van der Waals surface area contributed by atoms with Gasteiger partial charge in [0, 0.05) is 26.4 Å². The maximum absolute atomic E-state index is 5.80. The Labute approximate surface area is 210 Å². The first kappa shape index (κ1) is 32.9. The molecule has 0 unspecified atom stereocenters. The highest BCUT2D eigenvalue weighted by Gasteiger charge is 1.96. The largest absolute Gasteiger partial charge is 0.381 e. The van der Waals surface area contributed by atoms with E-state index in [1.807, 2.05) is 0 Å². The Hall–Kier alpha value is -0.0800. The lowest BCUT2D eigenvalue weighted by atomic mass is 10.1. The van der Waals surface area contributed by atoms with Crippen LogP contribution in [0.1, 0.15) is 174 Å². The summed E-state index contributed by atoms with van der Waals surface area (Å²) in [4.78, 5) is 0. The first-order valence-electron chi connectivity index (χ1n) is 15.6. The zero-order chi connectivity index (χ0) is 23.9. The van der Waals surface area contributed by atoms with Crippen LogP contribution >= 0.6 is 0 Å². The summed E-state index contributed by atoms with van der Waals surface area (Å²) in [6.07, 6.45) is 34.4. The Morgan fingerprint density at radius 3 is 0.636 bits per heavy atom. The van der Waals surface area contributed by atoms with Crippen molar-refractivity contribution in [3.8, 4) is 0 Å². The zero-order valence-corrected chi connectivity index (χ0v) is 23.3. The highest BCUT2D eigenvalue weighted by molar-refractivity contribution is 4.50. The van der Waals surface area contributed by atoms with E-state index in [2.05, 4.69) is 13.8 Å². The normalized spacial score (nSPS) is 11.5. The van der Waals surface area contributed by atoms with Crippen LogP contribution in [0.2, 0.25) is 0 Å². The van der Waals surface area contributed by atoms with Crippen molar-refractivity contribution in [3.63, 3.8) is 0 Å². The summed E-state index contributed by atoms with van der Waals surface area (Å²) in [5.41, 5.74) is 0. The van der Waals surface area contributed by atoms with Crippen LogP contribution in [0.5, 0.6) is 0 Å². The number of unbranched alkanes of at least 4 members (excludes halogenated alkanes) is 22. The number of hydrogen-bond acceptors (Lipinski definition) is 2. The molecular weight excluding hydrogens is 404 g/mol. The summed E-state index contributed by atoms with van der Waals surface area (Å²) in [5, 5.41) is 0. The van der Waals surface area contributed by atoms with Crippen molar-refractivity contribution in [2.75, 3.05) is 26.4 Å². The van der Waals surface area contributed by atoms with Gasteiger partial charge in [0.15, 0.2) is 0 Å². The predicted octanol–water partition coefficient (Wildman–Crippen LogP) is 10.8. The molecule has 0 aliphatic carbocycles. The molecule has 0 radical (unpaired) electrons. The van der Waals surface area contributed by atoms with E-state index in [1.165, 1.54) is 161 Å². The molecule has 0 fully saturated rings. The SMILES string of the molecule is CCCCCCCCCCOCCCCCCCCCCCOCCCCCCCCCC. The van der Waals surface area contributed by atoms with E-state index in [0.29, 0.717) is 0 Å². The van der Waals surface area contributed by atoms with Crippen molar-refractivity contribution in [1.29, 1.82) is 0 Å². The van der Waals surface area contributed by atoms with E-state index in [1.54, 1.807) is 0 Å². The molecule has 0 aromatic carbocycles. The average Bonchev–Trinajstić information content (AvgIpc) is 2.83. The van der Waals surface area contributed by atoms with Gasteiger partial charge in [-0.25, -0.2) is 0 Å². The molecule has 0 atom stereocenters. The summed E-state index contributed by atoms with van der Waals surface area (Å²) >= 11 is 0. The second-order valence-corrected chi connectivity index (χ2v) is 10.4. The second kappa shape index (κ2) is 31.9. The Balaban J connectivity index is 2.99. The Morgan fingerprint density at radius 1 is 0.242 bits per heavy atom. The van der Waals surface area contributed by atoms with Gasteiger partial charge in [-0.1, -0.05) is 149 Å². The van der Waals surface area contributed by atoms with Crippen LogP contribution in [-0.2, 0) is 9.47 Å². The third kappa shape index (κ3) is 31.9. The topological polar surface area (TPSA) is 18.5 Å². The molecule has 0 aliphatic rings. The van der Waals surface area contributed by atoms with Crippen molar-refractivity contribution >= 4 is 0 Å². The summed E-state index contributed by atoms with van der Waals surface area (Å²) < 4.78 is 11.6. The van der Waals surface area contributed by atoms with Crippen LogP contribution in [0.3, 0.4) is 0 Å². The lowest BCUT2D eigenvalue weighted by Crippen LogP contribution is -1.97. The monoisotopic (exact) mass is 468 g/mol. The fourth-order valence-electron chi connectivity index (χ4n) is 4.53. The molecule has 0 heterocycles. The second-order valence-electron chi connectivity index (χ2n) is 10.4. The van der Waals surface area contributed by atoms with Crippen molar-refractivity contribution < 1.29 is 9.47 Å². The first-order valence-corrected chi connectivity index (χ1v) is 15.6. The number of hydrogen-bond donors (Lipinski definition) is 0. The van der Waals surface area contributed by atoms with E-state index in [0.717, 1.165) is 26.4 Å². The van der Waals surface area contributed by atoms with Crippen LogP contribution in [0.25, 0.3) is 0 Å². The number of ether oxygens (including phenoxy) is 2. The fourth-order valence-corrected chi connectivity index (χ4v) is 4.53. The summed E-state index contributed by atoms with van der Waals surface area (Å²) in [6.45, 7) is 8.50. The molecule has 33 heavy (non-hydrogen) atoms. The summed E-state index contributed by atoms with van der Waals surface area (Å²) in [6, 6.07) is 0. The minimum absolute atomic E-state index is 0.982. The molecule has 2 nitrogen and oxygen atoms in total. The maximum Gasteiger partial charge on any atom is 0.0466 e. The highest BCUT2D eigenvalue weighted by atomic mass is 16.5. The van der Waals surface area contributed by atoms with Crippen LogP contribution in [0.4, 0.5) is 0 Å². The third-order valence-electron chi connectivity index (χ3n) is 6.86. The van der Waals surface area contributed by atoms with E-state index in [-0.39, 0.29) is 0 Å². The van der Waals surface area contributed by atoms with Gasteiger partial charge in [0.25, 0.3) is 0 Å². The van der Waals surface area contributed by atoms with E-state index in [4.69, 9.17) is 9.47 Å². The first-order chi connectivity index (χ1) is 16.4. The van der Waals surface area contributed by atoms with Crippen molar-refractivity contribution in [2.45, 2.75) is 174 Å². The molecule has 0 N–H and O–H groups in total. The molecule has 0 rings (SSSR count). The van der Waals surface area contributed by atoms with Crippen LogP contribution in [-0.4, -0.2) is 26.4 Å². The molecule has 0 aromatic heterocycles. The van der Waals surface area contributed by atoms with Crippen LogP contribution in [0.15, 0.2) is 0 Å². The predicted molar refractivity (Wildman–Crippen MR) is 148 cm³/mol. The quantitative estimate of drug-likeness (QED) is 0.0975. The molecule has 0 saturated carbocycles. The van der Waals surface area contributed by atoms with E-state index >= 15 is 0 Å². The standard InChI is InChI=1S/C31H64O2/c1-3-5-7-9-11-16-20-24-28-32-30-26-22-18-14-13-15-19-23-27-31-33-29-25-21-17-12-10-8-6-4-2/h3-31H2,1-2H3. The van der Waals surface area contributed by atoms with Gasteiger partial charge >= 0.3 is 0 Å². The van der Waals surface area contributed by atoms with Gasteiger partial charge in [-0.15, -0.1) is 0 Å². The molecule has 0 aromatic rings. The van der Waals surface area contributed by atoms with Crippen LogP contribution in [0, 0.1) is 0 Å². The van der Waals surface area contributed by atoms with E-state index < -0.39 is 0 Å². The Bertz CT molecular complexity index is 288. The minimum Gasteiger partial charge on any atom is -0.381 e. The van der Waals surface area contributed by atoms with E-state index in [9.17, 15) is 0 Å². The average molecular weight is 469 g/mol. The molecule has 0 aliphatic heterocycles. The molecule has 200 valence electrons. The summed E-state index contributed by atoms with van der Waals surface area (Å²) in [7, 11) is 0. The fraction of sp³-hybridized carbons (Fsp3) is 1.00. The lowest BCUT2D eigenvalue weighted by molar-refractivity contribution is 0.125. The molecular formula is C31H64O2. The lowest BCUT2D eigenvalue weighted by Gasteiger charge is -2.06. The molecule has 0 bridgehead atoms. The Kier molecular flexibility index (Phi) is 31.8. The van der Waals surface area contributed by atoms with Crippen molar-refractivity contribution in [2.24, 2.45) is 0 Å². The summed E-state index contributed by atoms with van der Waals surface area (Å²) in [5.74, 6) is 0. The molecule has 0 amide bonds. The van der Waals surface area contributed by atoms with Gasteiger partial charge in [0.1, 0.15) is 0 Å².